The second-order valence-electron chi connectivity index (χ2n) is 10.0. The molecule has 0 radical (unpaired) electrons. The molecule has 1 N–H and O–H groups in total. The maximum Gasteiger partial charge on any atom is 0.303 e. The fourth-order valence-corrected chi connectivity index (χ4v) is 5.55. The smallest absolute Gasteiger partial charge is 0.303 e. The van der Waals surface area contributed by atoms with Crippen LogP contribution in [0.25, 0.3) is 0 Å². The first kappa shape index (κ1) is 26.6. The largest absolute Gasteiger partial charge is 0.456 e. The number of nitrogens with one attached hydrogen (secondary N) is 1. The summed E-state index contributed by atoms with van der Waals surface area (Å²) < 4.78 is 4.92. The van der Waals surface area contributed by atoms with E-state index < -0.39 is 5.97 Å². The van der Waals surface area contributed by atoms with Crippen LogP contribution in [-0.4, -0.2) is 49.6 Å². The molecule has 1 heterocycles. The van der Waals surface area contributed by atoms with Gasteiger partial charge in [-0.3, -0.25) is 9.59 Å². The van der Waals surface area contributed by atoms with Gasteiger partial charge in [-0.15, -0.1) is 0 Å². The molecule has 1 amide bonds. The molecule has 194 valence electrons. The number of piperidine rings is 1. The highest BCUT2D eigenvalue weighted by molar-refractivity contribution is 5.80. The van der Waals surface area contributed by atoms with Gasteiger partial charge in [-0.1, -0.05) is 91.0 Å². The van der Waals surface area contributed by atoms with E-state index in [0.717, 1.165) is 32.5 Å². The lowest BCUT2D eigenvalue weighted by Crippen LogP contribution is -2.43. The van der Waals surface area contributed by atoms with Gasteiger partial charge in [0.15, 0.2) is 6.61 Å². The van der Waals surface area contributed by atoms with Crippen LogP contribution in [0.4, 0.5) is 0 Å². The Morgan fingerprint density at radius 3 is 1.95 bits per heavy atom. The molecular weight excluding hydrogens is 460 g/mol. The second-order valence-corrected chi connectivity index (χ2v) is 10.0. The highest BCUT2D eigenvalue weighted by atomic mass is 16.5. The van der Waals surface area contributed by atoms with Crippen molar-refractivity contribution in [3.8, 4) is 0 Å². The van der Waals surface area contributed by atoms with Crippen molar-refractivity contribution >= 4 is 11.9 Å². The van der Waals surface area contributed by atoms with E-state index in [1.54, 1.807) is 0 Å². The molecule has 0 spiro atoms. The third kappa shape index (κ3) is 7.30. The van der Waals surface area contributed by atoms with Gasteiger partial charge >= 0.3 is 5.97 Å². The van der Waals surface area contributed by atoms with Crippen LogP contribution in [0.3, 0.4) is 0 Å². The van der Waals surface area contributed by atoms with E-state index >= 15 is 0 Å². The Balaban J connectivity index is 1.45. The molecule has 1 aliphatic rings. The van der Waals surface area contributed by atoms with Crippen LogP contribution in [0.2, 0.25) is 0 Å². The van der Waals surface area contributed by atoms with Gasteiger partial charge in [0, 0.05) is 18.9 Å². The zero-order valence-electron chi connectivity index (χ0n) is 21.8. The van der Waals surface area contributed by atoms with Crippen molar-refractivity contribution in [3.05, 3.63) is 108 Å². The lowest BCUT2D eigenvalue weighted by atomic mass is 9.71. The normalized spacial score (nSPS) is 14.7. The molecule has 0 aromatic heterocycles. The maximum atomic E-state index is 12.5. The summed E-state index contributed by atoms with van der Waals surface area (Å²) in [5.74, 6) is -0.0874. The van der Waals surface area contributed by atoms with Crippen LogP contribution in [0.15, 0.2) is 91.0 Å². The molecule has 3 aromatic carbocycles. The minimum atomic E-state index is -0.455. The van der Waals surface area contributed by atoms with Gasteiger partial charge in [0.1, 0.15) is 0 Å². The molecule has 0 bridgehead atoms. The summed E-state index contributed by atoms with van der Waals surface area (Å²) >= 11 is 0. The summed E-state index contributed by atoms with van der Waals surface area (Å²) in [5, 5.41) is 3.06. The van der Waals surface area contributed by atoms with E-state index in [2.05, 4.69) is 89.1 Å². The Kier molecular flexibility index (Phi) is 9.50. The Morgan fingerprint density at radius 1 is 0.865 bits per heavy atom. The quantitative estimate of drug-likeness (QED) is 0.364. The van der Waals surface area contributed by atoms with Gasteiger partial charge < -0.3 is 15.0 Å². The summed E-state index contributed by atoms with van der Waals surface area (Å²) in [5.41, 5.74) is 3.43. The molecule has 1 fully saturated rings. The van der Waals surface area contributed by atoms with Gasteiger partial charge in [-0.05, 0) is 67.9 Å². The van der Waals surface area contributed by atoms with Gasteiger partial charge in [-0.2, -0.15) is 0 Å². The van der Waals surface area contributed by atoms with Crippen molar-refractivity contribution in [2.75, 3.05) is 32.8 Å². The summed E-state index contributed by atoms with van der Waals surface area (Å²) in [7, 11) is 0. The fraction of sp³-hybridized carbons (Fsp3) is 0.375. The van der Waals surface area contributed by atoms with E-state index in [-0.39, 0.29) is 17.9 Å². The number of carbonyl (C=O) groups is 2. The van der Waals surface area contributed by atoms with Gasteiger partial charge in [0.25, 0.3) is 5.91 Å². The van der Waals surface area contributed by atoms with Gasteiger partial charge in [-0.25, -0.2) is 0 Å². The number of amides is 1. The van der Waals surface area contributed by atoms with Gasteiger partial charge in [0.05, 0.1) is 0 Å². The third-order valence-corrected chi connectivity index (χ3v) is 7.58. The Hall–Kier alpha value is -3.44. The number of hydrogen-bond acceptors (Lipinski definition) is 4. The molecular formula is C32H38N2O3. The monoisotopic (exact) mass is 498 g/mol. The number of likely N-dealkylation sites (tertiary alicyclic amines) is 1. The lowest BCUT2D eigenvalue weighted by Gasteiger charge is -2.37. The highest BCUT2D eigenvalue weighted by Gasteiger charge is 2.34. The van der Waals surface area contributed by atoms with E-state index in [9.17, 15) is 9.59 Å². The number of nitrogens with zero attached hydrogens (tertiary/aromatic N) is 1. The van der Waals surface area contributed by atoms with Crippen LogP contribution in [0, 0.1) is 0 Å². The number of esters is 1. The third-order valence-electron chi connectivity index (χ3n) is 7.58. The van der Waals surface area contributed by atoms with Crippen molar-refractivity contribution in [3.63, 3.8) is 0 Å². The summed E-state index contributed by atoms with van der Waals surface area (Å²) in [6.07, 6.45) is 4.30. The first-order chi connectivity index (χ1) is 18.1. The van der Waals surface area contributed by atoms with Crippen LogP contribution in [-0.2, 0) is 19.7 Å². The minimum Gasteiger partial charge on any atom is -0.456 e. The molecule has 4 rings (SSSR count). The number of hydrogen-bond donors (Lipinski definition) is 1. The van der Waals surface area contributed by atoms with Crippen molar-refractivity contribution in [2.45, 2.75) is 43.9 Å². The zero-order valence-corrected chi connectivity index (χ0v) is 21.8. The number of benzene rings is 3. The molecule has 1 saturated heterocycles. The van der Waals surface area contributed by atoms with Crippen molar-refractivity contribution in [1.82, 2.24) is 10.2 Å². The Morgan fingerprint density at radius 2 is 1.41 bits per heavy atom. The highest BCUT2D eigenvalue weighted by Crippen LogP contribution is 2.37. The molecule has 0 atom stereocenters. The molecule has 5 heteroatoms. The predicted molar refractivity (Wildman–Crippen MR) is 147 cm³/mol. The molecule has 1 aliphatic heterocycles. The summed E-state index contributed by atoms with van der Waals surface area (Å²) in [6, 6.07) is 31.7. The summed E-state index contributed by atoms with van der Waals surface area (Å²) in [6.45, 7) is 4.76. The minimum absolute atomic E-state index is 0.259. The number of ether oxygens (including phenoxy) is 1. The first-order valence-corrected chi connectivity index (χ1v) is 13.4. The first-order valence-electron chi connectivity index (χ1n) is 13.4. The molecule has 0 unspecified atom stereocenters. The lowest BCUT2D eigenvalue weighted by molar-refractivity contribution is -0.146. The fourth-order valence-electron chi connectivity index (χ4n) is 5.55. The van der Waals surface area contributed by atoms with E-state index in [4.69, 9.17) is 4.74 Å². The average molecular weight is 499 g/mol. The molecule has 3 aromatic rings. The van der Waals surface area contributed by atoms with Crippen molar-refractivity contribution in [1.29, 1.82) is 0 Å². The van der Waals surface area contributed by atoms with E-state index in [0.29, 0.717) is 12.5 Å². The van der Waals surface area contributed by atoms with E-state index in [1.807, 2.05) is 12.1 Å². The topological polar surface area (TPSA) is 58.6 Å². The van der Waals surface area contributed by atoms with Gasteiger partial charge in [0.2, 0.25) is 0 Å². The van der Waals surface area contributed by atoms with Crippen molar-refractivity contribution in [2.24, 2.45) is 0 Å². The van der Waals surface area contributed by atoms with Crippen LogP contribution in [0.5, 0.6) is 0 Å². The Bertz CT molecular complexity index is 1070. The molecule has 5 nitrogen and oxygen atoms in total. The van der Waals surface area contributed by atoms with Crippen LogP contribution < -0.4 is 5.32 Å². The standard InChI is InChI=1S/C32H38N2O3/c1-26(35)37-24-31(36)33-25-32(29-14-7-3-8-15-29,30-16-9-4-10-17-30)20-11-21-34-22-18-28(19-23-34)27-12-5-2-6-13-27/h2-10,12-17,28H,11,18-25H2,1H3,(H,33,36). The number of carbonyl (C=O) groups excluding carboxylic acids is 2. The SMILES string of the molecule is CC(=O)OCC(=O)NCC(CCCN1CCC(c2ccccc2)CC1)(c1ccccc1)c1ccccc1. The number of rotatable bonds is 11. The molecule has 37 heavy (non-hydrogen) atoms. The van der Waals surface area contributed by atoms with Crippen LogP contribution in [0.1, 0.15) is 55.2 Å². The molecule has 0 aliphatic carbocycles. The maximum absolute atomic E-state index is 12.5. The average Bonchev–Trinajstić information content (AvgIpc) is 2.95. The summed E-state index contributed by atoms with van der Waals surface area (Å²) in [4.78, 5) is 26.3. The van der Waals surface area contributed by atoms with E-state index in [1.165, 1.54) is 36.5 Å². The van der Waals surface area contributed by atoms with Crippen molar-refractivity contribution < 1.29 is 14.3 Å². The predicted octanol–water partition coefficient (Wildman–Crippen LogP) is 5.31. The second kappa shape index (κ2) is 13.2. The Labute approximate surface area is 220 Å². The van der Waals surface area contributed by atoms with Crippen LogP contribution >= 0.6 is 0 Å². The zero-order chi connectivity index (χ0) is 25.9. The molecule has 0 saturated carbocycles.